The Morgan fingerprint density at radius 1 is 1.67 bits per heavy atom. The lowest BCUT2D eigenvalue weighted by molar-refractivity contribution is 0.454. The van der Waals surface area contributed by atoms with E-state index >= 15 is 0 Å². The van der Waals surface area contributed by atoms with E-state index in [0.29, 0.717) is 0 Å². The highest BCUT2D eigenvalue weighted by molar-refractivity contribution is 9.10. The Kier molecular flexibility index (Phi) is 1.67. The average molecular weight is 228 g/mol. The van der Waals surface area contributed by atoms with Crippen LogP contribution in [-0.2, 0) is 10.3 Å². The van der Waals surface area contributed by atoms with Crippen molar-refractivity contribution >= 4 is 22.0 Å². The molecule has 0 aliphatic heterocycles. The fourth-order valence-electron chi connectivity index (χ4n) is 1.18. The topological polar surface area (TPSA) is 42.6 Å². The van der Waals surface area contributed by atoms with Gasteiger partial charge in [0.2, 0.25) is 6.08 Å². The van der Waals surface area contributed by atoms with E-state index in [9.17, 15) is 4.79 Å². The van der Waals surface area contributed by atoms with Crippen molar-refractivity contribution in [2.24, 2.45) is 4.99 Å². The van der Waals surface area contributed by atoms with Crippen LogP contribution in [0.5, 0.6) is 0 Å². The number of hydrogen-bond acceptors (Lipinski definition) is 3. The third-order valence-electron chi connectivity index (χ3n) is 2.01. The molecule has 1 fully saturated rings. The Morgan fingerprint density at radius 3 is 2.83 bits per heavy atom. The number of aliphatic imine (C=N–C) groups is 1. The van der Waals surface area contributed by atoms with Gasteiger partial charge in [0.05, 0.1) is 4.47 Å². The molecule has 0 atom stereocenters. The maximum Gasteiger partial charge on any atom is 0.235 e. The predicted octanol–water partition coefficient (Wildman–Crippen LogP) is 2.37. The standard InChI is InChI=1S/C8H6BrNO2/c9-6-3-7(12-4-6)8(1-2-8)10-5-11/h3-4H,1-2H2. The van der Waals surface area contributed by atoms with Gasteiger partial charge < -0.3 is 4.42 Å². The Hall–Kier alpha value is -0.860. The van der Waals surface area contributed by atoms with E-state index in [1.807, 2.05) is 6.07 Å². The van der Waals surface area contributed by atoms with Crippen LogP contribution >= 0.6 is 15.9 Å². The molecule has 0 aromatic carbocycles. The normalized spacial score (nSPS) is 18.4. The molecule has 1 aromatic rings. The molecular formula is C8H6BrNO2. The van der Waals surface area contributed by atoms with Crippen LogP contribution in [0.2, 0.25) is 0 Å². The average Bonchev–Trinajstić information content (AvgIpc) is 2.69. The number of hydrogen-bond donors (Lipinski definition) is 0. The van der Waals surface area contributed by atoms with Crippen LogP contribution in [0, 0.1) is 0 Å². The quantitative estimate of drug-likeness (QED) is 0.576. The summed E-state index contributed by atoms with van der Waals surface area (Å²) < 4.78 is 6.10. The molecule has 3 nitrogen and oxygen atoms in total. The SMILES string of the molecule is O=C=NC1(c2cc(Br)co2)CC1. The predicted molar refractivity (Wildman–Crippen MR) is 45.4 cm³/mol. The van der Waals surface area contributed by atoms with Gasteiger partial charge >= 0.3 is 0 Å². The minimum atomic E-state index is -0.381. The zero-order chi connectivity index (χ0) is 8.60. The molecule has 0 saturated heterocycles. The van der Waals surface area contributed by atoms with Crippen molar-refractivity contribution in [3.8, 4) is 0 Å². The highest BCUT2D eigenvalue weighted by Gasteiger charge is 2.47. The van der Waals surface area contributed by atoms with Gasteiger partial charge in [0.25, 0.3) is 0 Å². The number of furan rings is 1. The molecule has 0 unspecified atom stereocenters. The first-order chi connectivity index (χ1) is 5.77. The second kappa shape index (κ2) is 2.57. The minimum absolute atomic E-state index is 0.381. The van der Waals surface area contributed by atoms with Gasteiger partial charge in [0.15, 0.2) is 0 Å². The minimum Gasteiger partial charge on any atom is -0.466 e. The van der Waals surface area contributed by atoms with Gasteiger partial charge in [-0.3, -0.25) is 0 Å². The van der Waals surface area contributed by atoms with Crippen LogP contribution in [0.25, 0.3) is 0 Å². The maximum absolute atomic E-state index is 10.1. The largest absolute Gasteiger partial charge is 0.466 e. The third-order valence-corrected chi connectivity index (χ3v) is 2.43. The molecule has 1 aliphatic rings. The summed E-state index contributed by atoms with van der Waals surface area (Å²) in [5.41, 5.74) is -0.381. The summed E-state index contributed by atoms with van der Waals surface area (Å²) in [6, 6.07) is 1.84. The molecule has 0 bridgehead atoms. The van der Waals surface area contributed by atoms with E-state index in [4.69, 9.17) is 4.42 Å². The Morgan fingerprint density at radius 2 is 2.42 bits per heavy atom. The Labute approximate surface area is 77.6 Å². The molecule has 1 aliphatic carbocycles. The van der Waals surface area contributed by atoms with Crippen LogP contribution in [0.4, 0.5) is 0 Å². The van der Waals surface area contributed by atoms with E-state index in [1.54, 1.807) is 12.3 Å². The lowest BCUT2D eigenvalue weighted by Gasteiger charge is -2.00. The molecule has 1 saturated carbocycles. The van der Waals surface area contributed by atoms with Gasteiger partial charge in [-0.25, -0.2) is 4.79 Å². The highest BCUT2D eigenvalue weighted by Crippen LogP contribution is 2.49. The number of nitrogens with zero attached hydrogens (tertiary/aromatic N) is 1. The van der Waals surface area contributed by atoms with Crippen molar-refractivity contribution in [1.82, 2.24) is 0 Å². The van der Waals surface area contributed by atoms with Crippen LogP contribution in [0.3, 0.4) is 0 Å². The maximum atomic E-state index is 10.1. The van der Waals surface area contributed by atoms with Crippen LogP contribution in [0.1, 0.15) is 18.6 Å². The molecular weight excluding hydrogens is 222 g/mol. The molecule has 62 valence electrons. The Bertz CT molecular complexity index is 348. The molecule has 0 radical (unpaired) electrons. The van der Waals surface area contributed by atoms with Gasteiger partial charge in [-0.15, -0.1) is 0 Å². The summed E-state index contributed by atoms with van der Waals surface area (Å²) in [7, 11) is 0. The molecule has 12 heavy (non-hydrogen) atoms. The molecule has 0 spiro atoms. The van der Waals surface area contributed by atoms with Crippen molar-refractivity contribution in [3.63, 3.8) is 0 Å². The lowest BCUT2D eigenvalue weighted by Crippen LogP contribution is -1.99. The first-order valence-corrected chi connectivity index (χ1v) is 4.40. The lowest BCUT2D eigenvalue weighted by atomic mass is 10.2. The van der Waals surface area contributed by atoms with Gasteiger partial charge in [0.1, 0.15) is 17.6 Å². The summed E-state index contributed by atoms with van der Waals surface area (Å²) >= 11 is 3.27. The number of halogens is 1. The van der Waals surface area contributed by atoms with Gasteiger partial charge in [0, 0.05) is 0 Å². The molecule has 0 N–H and O–H groups in total. The van der Waals surface area contributed by atoms with Gasteiger partial charge in [-0.2, -0.15) is 4.99 Å². The van der Waals surface area contributed by atoms with Crippen molar-refractivity contribution in [3.05, 3.63) is 22.6 Å². The number of rotatable bonds is 2. The van der Waals surface area contributed by atoms with Crippen molar-refractivity contribution in [2.45, 2.75) is 18.4 Å². The van der Waals surface area contributed by atoms with Crippen LogP contribution < -0.4 is 0 Å². The monoisotopic (exact) mass is 227 g/mol. The first-order valence-electron chi connectivity index (χ1n) is 3.60. The van der Waals surface area contributed by atoms with Crippen LogP contribution in [0.15, 0.2) is 26.2 Å². The summed E-state index contributed by atoms with van der Waals surface area (Å²) in [6.45, 7) is 0. The molecule has 0 amide bonds. The molecule has 1 aromatic heterocycles. The van der Waals surface area contributed by atoms with E-state index in [2.05, 4.69) is 20.9 Å². The van der Waals surface area contributed by atoms with E-state index in [1.165, 1.54) is 0 Å². The fourth-order valence-corrected chi connectivity index (χ4v) is 1.48. The fraction of sp³-hybridized carbons (Fsp3) is 0.375. The van der Waals surface area contributed by atoms with E-state index < -0.39 is 0 Å². The summed E-state index contributed by atoms with van der Waals surface area (Å²) in [4.78, 5) is 13.8. The number of isocyanates is 1. The highest BCUT2D eigenvalue weighted by atomic mass is 79.9. The molecule has 4 heteroatoms. The molecule has 2 rings (SSSR count). The second-order valence-corrected chi connectivity index (χ2v) is 3.78. The van der Waals surface area contributed by atoms with Crippen molar-refractivity contribution in [2.75, 3.05) is 0 Å². The summed E-state index contributed by atoms with van der Waals surface area (Å²) in [6.07, 6.45) is 4.93. The van der Waals surface area contributed by atoms with E-state index in [-0.39, 0.29) is 5.54 Å². The van der Waals surface area contributed by atoms with Gasteiger partial charge in [-0.1, -0.05) is 0 Å². The van der Waals surface area contributed by atoms with Crippen molar-refractivity contribution < 1.29 is 9.21 Å². The zero-order valence-electron chi connectivity index (χ0n) is 6.21. The first kappa shape index (κ1) is 7.77. The van der Waals surface area contributed by atoms with E-state index in [0.717, 1.165) is 23.1 Å². The molecule has 1 heterocycles. The zero-order valence-corrected chi connectivity index (χ0v) is 7.80. The Balaban J connectivity index is 2.36. The van der Waals surface area contributed by atoms with Gasteiger partial charge in [-0.05, 0) is 34.8 Å². The summed E-state index contributed by atoms with van der Waals surface area (Å²) in [5, 5.41) is 0. The second-order valence-electron chi connectivity index (χ2n) is 2.86. The van der Waals surface area contributed by atoms with Crippen molar-refractivity contribution in [1.29, 1.82) is 0 Å². The third kappa shape index (κ3) is 1.13. The number of carbonyl (C=O) groups excluding carboxylic acids is 1. The smallest absolute Gasteiger partial charge is 0.235 e. The summed E-state index contributed by atoms with van der Waals surface area (Å²) in [5.74, 6) is 0.748. The van der Waals surface area contributed by atoms with Crippen LogP contribution in [-0.4, -0.2) is 6.08 Å².